The molecule has 3 aromatic rings. The fourth-order valence-corrected chi connectivity index (χ4v) is 6.91. The number of fused-ring (bicyclic) bond motifs is 5. The van der Waals surface area contributed by atoms with E-state index in [4.69, 9.17) is 10.2 Å². The number of nitrogens with two attached hydrogens (primary N) is 1. The first kappa shape index (κ1) is 29.3. The number of hydrogen-bond acceptors (Lipinski definition) is 10. The zero-order valence-corrected chi connectivity index (χ0v) is 24.5. The first-order chi connectivity index (χ1) is 20.7. The van der Waals surface area contributed by atoms with Gasteiger partial charge in [-0.2, -0.15) is 0 Å². The average Bonchev–Trinajstić information content (AvgIpc) is 3.36. The molecule has 6 rings (SSSR count). The summed E-state index contributed by atoms with van der Waals surface area (Å²) in [6.07, 6.45) is 3.58. The van der Waals surface area contributed by atoms with Gasteiger partial charge in [0.05, 0.1) is 11.6 Å². The van der Waals surface area contributed by atoms with Gasteiger partial charge in [0, 0.05) is 37.3 Å². The highest BCUT2D eigenvalue weighted by Gasteiger charge is 2.64. The topological polar surface area (TPSA) is 170 Å². The molecule has 1 amide bonds. The Kier molecular flexibility index (Phi) is 6.74. The summed E-state index contributed by atoms with van der Waals surface area (Å²) in [6, 6.07) is 6.52. The van der Waals surface area contributed by atoms with Crippen LogP contribution in [0.4, 0.5) is 10.1 Å². The van der Waals surface area contributed by atoms with Crippen LogP contribution in [0.15, 0.2) is 51.7 Å². The Morgan fingerprint density at radius 3 is 2.43 bits per heavy atom. The molecule has 228 valence electrons. The summed E-state index contributed by atoms with van der Waals surface area (Å²) >= 11 is 0. The van der Waals surface area contributed by atoms with Gasteiger partial charge in [-0.1, -0.05) is 12.1 Å². The standard InChI is InChI=1S/C32H31FN4O7/c1-36(2)20-13-19-28(44-21(35-19)10-7-14-5-8-16(33)9-6-14)23-17(20)11-15-12-18-25(37(3)4)27(39)24(31(34)42)30(41)32(18,43)29(40)22(15)26(23)38/h5-10,13,15,18,25,38,41,43H,11-12H2,1-4H3,(H2,34,42)/b10-7+/t15-,18-,25-,32-/m0/s1. The number of primary amides is 1. The van der Waals surface area contributed by atoms with Crippen molar-refractivity contribution in [3.8, 4) is 0 Å². The first-order valence-corrected chi connectivity index (χ1v) is 14.0. The number of carbonyl (C=O) groups is 3. The number of Topliss-reactive ketones (excluding diaryl/α,β-unsaturated/α-hetero) is 2. The summed E-state index contributed by atoms with van der Waals surface area (Å²) in [6.45, 7) is 0. The molecular formula is C32H31FN4O7. The lowest BCUT2D eigenvalue weighted by Gasteiger charge is -2.50. The number of likely N-dealkylation sites (N-methyl/N-ethyl adjacent to an activating group) is 1. The molecule has 0 aliphatic heterocycles. The third-order valence-corrected chi connectivity index (χ3v) is 8.86. The molecule has 1 saturated carbocycles. The maximum atomic E-state index is 14.2. The first-order valence-electron chi connectivity index (χ1n) is 14.0. The highest BCUT2D eigenvalue weighted by molar-refractivity contribution is 6.24. The number of aliphatic hydroxyl groups excluding tert-OH is 2. The molecule has 0 bridgehead atoms. The van der Waals surface area contributed by atoms with E-state index in [1.165, 1.54) is 17.0 Å². The third kappa shape index (κ3) is 4.16. The smallest absolute Gasteiger partial charge is 0.255 e. The molecule has 44 heavy (non-hydrogen) atoms. The fraction of sp³-hybridized carbons (Fsp3) is 0.312. The molecular weight excluding hydrogens is 571 g/mol. The second-order valence-corrected chi connectivity index (χ2v) is 11.9. The molecule has 0 saturated heterocycles. The Bertz CT molecular complexity index is 1850. The van der Waals surface area contributed by atoms with Gasteiger partial charge in [0.2, 0.25) is 11.7 Å². The van der Waals surface area contributed by atoms with Crippen molar-refractivity contribution >= 4 is 52.2 Å². The number of hydrogen-bond donors (Lipinski definition) is 4. The Hall–Kier alpha value is -4.81. The Morgan fingerprint density at radius 1 is 1.14 bits per heavy atom. The maximum absolute atomic E-state index is 14.2. The number of ketones is 2. The lowest BCUT2D eigenvalue weighted by atomic mass is 9.57. The predicted octanol–water partition coefficient (Wildman–Crippen LogP) is 2.78. The van der Waals surface area contributed by atoms with Crippen LogP contribution in [0.2, 0.25) is 0 Å². The zero-order valence-electron chi connectivity index (χ0n) is 24.5. The lowest BCUT2D eigenvalue weighted by molar-refractivity contribution is -0.153. The van der Waals surface area contributed by atoms with Gasteiger partial charge in [-0.05, 0) is 68.3 Å². The number of oxazole rings is 1. The molecule has 0 radical (unpaired) electrons. The second-order valence-electron chi connectivity index (χ2n) is 11.9. The minimum absolute atomic E-state index is 0.0404. The van der Waals surface area contributed by atoms with Crippen molar-refractivity contribution in [3.63, 3.8) is 0 Å². The summed E-state index contributed by atoms with van der Waals surface area (Å²) in [5.41, 5.74) is 4.68. The average molecular weight is 603 g/mol. The number of aromatic nitrogens is 1. The fourth-order valence-electron chi connectivity index (χ4n) is 6.91. The molecule has 2 aromatic carbocycles. The second kappa shape index (κ2) is 10.1. The molecule has 5 N–H and O–H groups in total. The number of anilines is 1. The van der Waals surface area contributed by atoms with E-state index in [1.54, 1.807) is 38.4 Å². The van der Waals surface area contributed by atoms with Crippen molar-refractivity contribution in [1.29, 1.82) is 0 Å². The molecule has 1 fully saturated rings. The summed E-state index contributed by atoms with van der Waals surface area (Å²) < 4.78 is 19.4. The number of nitrogens with zero attached hydrogens (tertiary/aromatic N) is 3. The number of benzene rings is 2. The van der Waals surface area contributed by atoms with Crippen molar-refractivity contribution in [1.82, 2.24) is 9.88 Å². The summed E-state index contributed by atoms with van der Waals surface area (Å²) in [7, 11) is 6.79. The SMILES string of the molecule is CN(C)c1cc2nc(/C=C/c3ccc(F)cc3)oc2c2c1C[C@H]1C[C@H]3[C@H](N(C)C)C(=O)C(C(N)=O)=C(O)[C@@]3(O)C(=O)C1=C2O. The van der Waals surface area contributed by atoms with E-state index >= 15 is 0 Å². The quantitative estimate of drug-likeness (QED) is 0.319. The van der Waals surface area contributed by atoms with E-state index in [0.29, 0.717) is 16.6 Å². The van der Waals surface area contributed by atoms with Gasteiger partial charge in [-0.25, -0.2) is 9.37 Å². The normalized spacial score (nSPS) is 25.1. The van der Waals surface area contributed by atoms with Crippen molar-refractivity contribution in [2.45, 2.75) is 24.5 Å². The van der Waals surface area contributed by atoms with E-state index in [0.717, 1.165) is 5.69 Å². The molecule has 1 heterocycles. The number of aliphatic hydroxyl groups is 3. The van der Waals surface area contributed by atoms with Crippen LogP contribution >= 0.6 is 0 Å². The monoisotopic (exact) mass is 602 g/mol. The molecule has 0 spiro atoms. The van der Waals surface area contributed by atoms with Crippen LogP contribution in [0.25, 0.3) is 29.0 Å². The van der Waals surface area contributed by atoms with Crippen LogP contribution < -0.4 is 10.6 Å². The van der Waals surface area contributed by atoms with E-state index in [-0.39, 0.29) is 41.3 Å². The largest absolute Gasteiger partial charge is 0.508 e. The van der Waals surface area contributed by atoms with Gasteiger partial charge in [-0.15, -0.1) is 0 Å². The maximum Gasteiger partial charge on any atom is 0.255 e. The zero-order chi connectivity index (χ0) is 31.8. The summed E-state index contributed by atoms with van der Waals surface area (Å²) in [5, 5.41) is 34.7. The minimum atomic E-state index is -2.67. The van der Waals surface area contributed by atoms with Crippen LogP contribution in [0.5, 0.6) is 0 Å². The Labute approximate surface area is 251 Å². The van der Waals surface area contributed by atoms with Crippen molar-refractivity contribution < 1.29 is 38.5 Å². The molecule has 0 unspecified atom stereocenters. The summed E-state index contributed by atoms with van der Waals surface area (Å²) in [4.78, 5) is 47.6. The molecule has 12 heteroatoms. The predicted molar refractivity (Wildman–Crippen MR) is 160 cm³/mol. The Morgan fingerprint density at radius 2 is 1.82 bits per heavy atom. The number of halogens is 1. The van der Waals surface area contributed by atoms with Crippen LogP contribution in [0.1, 0.15) is 29.0 Å². The highest BCUT2D eigenvalue weighted by Crippen LogP contribution is 2.53. The van der Waals surface area contributed by atoms with Crippen molar-refractivity contribution in [2.24, 2.45) is 17.6 Å². The van der Waals surface area contributed by atoms with Crippen molar-refractivity contribution in [3.05, 3.63) is 75.6 Å². The molecule has 1 aromatic heterocycles. The van der Waals surface area contributed by atoms with Gasteiger partial charge >= 0.3 is 0 Å². The molecule has 11 nitrogen and oxygen atoms in total. The van der Waals surface area contributed by atoms with E-state index in [2.05, 4.69) is 4.98 Å². The van der Waals surface area contributed by atoms with Crippen LogP contribution in [0.3, 0.4) is 0 Å². The molecule has 3 aliphatic carbocycles. The van der Waals surface area contributed by atoms with Gasteiger partial charge in [-0.3, -0.25) is 19.3 Å². The van der Waals surface area contributed by atoms with Crippen molar-refractivity contribution in [2.75, 3.05) is 33.1 Å². The van der Waals surface area contributed by atoms with Gasteiger partial charge in [0.1, 0.15) is 28.4 Å². The van der Waals surface area contributed by atoms with Crippen LogP contribution in [0, 0.1) is 17.7 Å². The number of amides is 1. The van der Waals surface area contributed by atoms with E-state index in [1.807, 2.05) is 25.1 Å². The molecule has 4 atom stereocenters. The number of rotatable bonds is 5. The van der Waals surface area contributed by atoms with E-state index < -0.39 is 58.0 Å². The van der Waals surface area contributed by atoms with Gasteiger partial charge in [0.15, 0.2) is 17.0 Å². The molecule has 3 aliphatic rings. The Balaban J connectivity index is 1.54. The minimum Gasteiger partial charge on any atom is -0.508 e. The van der Waals surface area contributed by atoms with Gasteiger partial charge in [0.25, 0.3) is 5.91 Å². The highest BCUT2D eigenvalue weighted by atomic mass is 19.1. The van der Waals surface area contributed by atoms with Crippen LogP contribution in [-0.2, 0) is 20.8 Å². The van der Waals surface area contributed by atoms with E-state index in [9.17, 15) is 34.1 Å². The number of carbonyl (C=O) groups excluding carboxylic acids is 3. The van der Waals surface area contributed by atoms with Gasteiger partial charge < -0.3 is 30.4 Å². The van der Waals surface area contributed by atoms with Crippen LogP contribution in [-0.4, -0.2) is 82.5 Å². The third-order valence-electron chi connectivity index (χ3n) is 8.86. The lowest BCUT2D eigenvalue weighted by Crippen LogP contribution is -2.65. The summed E-state index contributed by atoms with van der Waals surface area (Å²) in [5.74, 6) is -6.54.